The summed E-state index contributed by atoms with van der Waals surface area (Å²) in [6.45, 7) is 1.42. The first-order chi connectivity index (χ1) is 16.4. The van der Waals surface area contributed by atoms with Crippen molar-refractivity contribution in [2.75, 3.05) is 37.4 Å². The second kappa shape index (κ2) is 10.3. The lowest BCUT2D eigenvalue weighted by atomic mass is 9.95. The highest BCUT2D eigenvalue weighted by Gasteiger charge is 2.38. The van der Waals surface area contributed by atoms with Gasteiger partial charge in [0.1, 0.15) is 5.82 Å². The molecule has 0 bridgehead atoms. The summed E-state index contributed by atoms with van der Waals surface area (Å²) in [7, 11) is 1.50. The molecule has 2 aliphatic rings. The van der Waals surface area contributed by atoms with Crippen LogP contribution in [0.5, 0.6) is 0 Å². The molecule has 2 heterocycles. The SMILES string of the molecule is COCCn1c(N)c(N(Cc2ccccc2)C(=O)C2CCCN(C(=O)C3CC3)C2)c(=O)[nH]c1=O. The van der Waals surface area contributed by atoms with Gasteiger partial charge in [0.25, 0.3) is 5.56 Å². The second-order valence-electron chi connectivity index (χ2n) is 8.95. The number of aromatic amines is 1. The van der Waals surface area contributed by atoms with Crippen LogP contribution in [0.4, 0.5) is 11.5 Å². The van der Waals surface area contributed by atoms with E-state index in [1.807, 2.05) is 30.3 Å². The molecule has 1 aromatic carbocycles. The minimum atomic E-state index is -0.720. The van der Waals surface area contributed by atoms with Gasteiger partial charge in [0.05, 0.1) is 25.6 Å². The van der Waals surface area contributed by atoms with Crippen molar-refractivity contribution in [1.82, 2.24) is 14.5 Å². The molecule has 1 saturated carbocycles. The molecule has 1 aromatic heterocycles. The Bertz CT molecular complexity index is 1150. The summed E-state index contributed by atoms with van der Waals surface area (Å²) in [5.41, 5.74) is 5.67. The molecular formula is C24H31N5O5. The summed E-state index contributed by atoms with van der Waals surface area (Å²) in [4.78, 5) is 57.2. The number of nitrogens with two attached hydrogens (primary N) is 1. The Morgan fingerprint density at radius 3 is 2.56 bits per heavy atom. The van der Waals surface area contributed by atoms with E-state index in [0.717, 1.165) is 18.4 Å². The molecule has 1 aliphatic heterocycles. The van der Waals surface area contributed by atoms with E-state index in [-0.39, 0.29) is 48.9 Å². The lowest BCUT2D eigenvalue weighted by molar-refractivity contribution is -0.136. The van der Waals surface area contributed by atoms with Crippen molar-refractivity contribution in [2.24, 2.45) is 11.8 Å². The fourth-order valence-corrected chi connectivity index (χ4v) is 4.46. The van der Waals surface area contributed by atoms with Crippen molar-refractivity contribution in [3.05, 3.63) is 56.7 Å². The van der Waals surface area contributed by atoms with Crippen molar-refractivity contribution in [1.29, 1.82) is 0 Å². The molecule has 4 rings (SSSR count). The number of rotatable bonds is 8. The van der Waals surface area contributed by atoms with Gasteiger partial charge >= 0.3 is 5.69 Å². The molecule has 2 amide bonds. The zero-order chi connectivity index (χ0) is 24.2. The number of piperidine rings is 1. The number of likely N-dealkylation sites (tertiary alicyclic amines) is 1. The lowest BCUT2D eigenvalue weighted by Crippen LogP contribution is -2.49. The first-order valence-electron chi connectivity index (χ1n) is 11.7. The molecule has 2 aromatic rings. The maximum Gasteiger partial charge on any atom is 0.330 e. The molecule has 10 nitrogen and oxygen atoms in total. The molecule has 182 valence electrons. The highest BCUT2D eigenvalue weighted by atomic mass is 16.5. The summed E-state index contributed by atoms with van der Waals surface area (Å²) in [6.07, 6.45) is 3.14. The Morgan fingerprint density at radius 2 is 1.88 bits per heavy atom. The Balaban J connectivity index is 1.70. The van der Waals surface area contributed by atoms with Crippen molar-refractivity contribution in [3.8, 4) is 0 Å². The molecule has 1 saturated heterocycles. The smallest absolute Gasteiger partial charge is 0.330 e. The molecule has 2 fully saturated rings. The Morgan fingerprint density at radius 1 is 1.15 bits per heavy atom. The molecule has 10 heteroatoms. The highest BCUT2D eigenvalue weighted by Crippen LogP contribution is 2.33. The maximum absolute atomic E-state index is 13.8. The number of amides is 2. The molecule has 34 heavy (non-hydrogen) atoms. The Kier molecular flexibility index (Phi) is 7.16. The fourth-order valence-electron chi connectivity index (χ4n) is 4.46. The van der Waals surface area contributed by atoms with Crippen molar-refractivity contribution in [3.63, 3.8) is 0 Å². The molecule has 0 spiro atoms. The van der Waals surface area contributed by atoms with Gasteiger partial charge in [-0.3, -0.25) is 28.8 Å². The van der Waals surface area contributed by atoms with E-state index in [4.69, 9.17) is 10.5 Å². The minimum absolute atomic E-state index is 0.0600. The van der Waals surface area contributed by atoms with E-state index in [9.17, 15) is 19.2 Å². The van der Waals surface area contributed by atoms with E-state index in [1.165, 1.54) is 16.6 Å². The Hall–Kier alpha value is -3.40. The van der Waals surface area contributed by atoms with E-state index >= 15 is 0 Å². The predicted octanol–water partition coefficient (Wildman–Crippen LogP) is 0.947. The lowest BCUT2D eigenvalue weighted by Gasteiger charge is -2.35. The number of benzene rings is 1. The van der Waals surface area contributed by atoms with Crippen LogP contribution < -0.4 is 21.9 Å². The number of nitrogens with one attached hydrogen (secondary N) is 1. The van der Waals surface area contributed by atoms with Crippen LogP contribution in [0.1, 0.15) is 31.2 Å². The van der Waals surface area contributed by atoms with Gasteiger partial charge in [-0.25, -0.2) is 4.79 Å². The van der Waals surface area contributed by atoms with Crippen LogP contribution in [0.3, 0.4) is 0 Å². The quantitative estimate of drug-likeness (QED) is 0.592. The van der Waals surface area contributed by atoms with Crippen LogP contribution in [0, 0.1) is 11.8 Å². The van der Waals surface area contributed by atoms with Gasteiger partial charge < -0.3 is 15.4 Å². The Labute approximate surface area is 197 Å². The van der Waals surface area contributed by atoms with Gasteiger partial charge in [0.2, 0.25) is 11.8 Å². The van der Waals surface area contributed by atoms with Crippen LogP contribution >= 0.6 is 0 Å². The third kappa shape index (κ3) is 5.06. The standard InChI is InChI=1S/C24H31N5O5/c1-34-13-12-28-20(25)19(21(30)26-24(28)33)29(14-16-6-3-2-4-7-16)23(32)18-8-5-11-27(15-18)22(31)17-9-10-17/h2-4,6-7,17-18H,5,8-15,25H2,1H3,(H,26,30,33). The van der Waals surface area contributed by atoms with E-state index in [1.54, 1.807) is 4.90 Å². The fraction of sp³-hybridized carbons (Fsp3) is 0.500. The summed E-state index contributed by atoms with van der Waals surface area (Å²) in [5.74, 6) is -0.643. The molecule has 1 atom stereocenters. The molecule has 1 aliphatic carbocycles. The molecule has 0 radical (unpaired) electrons. The summed E-state index contributed by atoms with van der Waals surface area (Å²) < 4.78 is 6.26. The third-order valence-electron chi connectivity index (χ3n) is 6.46. The number of ether oxygens (including phenoxy) is 1. The van der Waals surface area contributed by atoms with Crippen LogP contribution in [-0.4, -0.2) is 53.1 Å². The summed E-state index contributed by atoms with van der Waals surface area (Å²) >= 11 is 0. The van der Waals surface area contributed by atoms with Gasteiger partial charge in [0, 0.05) is 26.1 Å². The van der Waals surface area contributed by atoms with Gasteiger partial charge in [-0.1, -0.05) is 30.3 Å². The van der Waals surface area contributed by atoms with Gasteiger partial charge in [-0.2, -0.15) is 0 Å². The highest BCUT2D eigenvalue weighted by molar-refractivity contribution is 5.97. The number of H-pyrrole nitrogens is 1. The topological polar surface area (TPSA) is 131 Å². The predicted molar refractivity (Wildman–Crippen MR) is 127 cm³/mol. The van der Waals surface area contributed by atoms with Gasteiger partial charge in [-0.15, -0.1) is 0 Å². The number of carbonyl (C=O) groups excluding carboxylic acids is 2. The number of nitrogens with zero attached hydrogens (tertiary/aromatic N) is 3. The number of nitrogen functional groups attached to an aromatic ring is 1. The summed E-state index contributed by atoms with van der Waals surface area (Å²) in [6, 6.07) is 9.28. The first kappa shape index (κ1) is 23.7. The van der Waals surface area contributed by atoms with Crippen LogP contribution in [0.15, 0.2) is 39.9 Å². The molecular weight excluding hydrogens is 438 g/mol. The van der Waals surface area contributed by atoms with Crippen molar-refractivity contribution in [2.45, 2.75) is 38.8 Å². The number of carbonyl (C=O) groups is 2. The van der Waals surface area contributed by atoms with Gasteiger partial charge in [-0.05, 0) is 31.2 Å². The monoisotopic (exact) mass is 469 g/mol. The third-order valence-corrected chi connectivity index (χ3v) is 6.46. The van der Waals surface area contributed by atoms with Crippen molar-refractivity contribution < 1.29 is 14.3 Å². The minimum Gasteiger partial charge on any atom is -0.383 e. The maximum atomic E-state index is 13.8. The zero-order valence-corrected chi connectivity index (χ0v) is 19.4. The normalized spacial score (nSPS) is 18.0. The van der Waals surface area contributed by atoms with Gasteiger partial charge in [0.15, 0.2) is 5.69 Å². The number of aromatic nitrogens is 2. The second-order valence-corrected chi connectivity index (χ2v) is 8.95. The van der Waals surface area contributed by atoms with E-state index in [2.05, 4.69) is 4.98 Å². The number of anilines is 2. The first-order valence-corrected chi connectivity index (χ1v) is 11.7. The average molecular weight is 470 g/mol. The number of methoxy groups -OCH3 is 1. The molecule has 1 unspecified atom stereocenters. The van der Waals surface area contributed by atoms with Crippen LogP contribution in [0.25, 0.3) is 0 Å². The average Bonchev–Trinajstić information content (AvgIpc) is 3.68. The van der Waals surface area contributed by atoms with Crippen LogP contribution in [0.2, 0.25) is 0 Å². The van der Waals surface area contributed by atoms with Crippen molar-refractivity contribution >= 4 is 23.3 Å². The summed E-state index contributed by atoms with van der Waals surface area (Å²) in [5, 5.41) is 0. The number of hydrogen-bond acceptors (Lipinski definition) is 6. The van der Waals surface area contributed by atoms with Crippen LogP contribution in [-0.2, 0) is 27.4 Å². The van der Waals surface area contributed by atoms with E-state index < -0.39 is 17.2 Å². The zero-order valence-electron chi connectivity index (χ0n) is 19.4. The van der Waals surface area contributed by atoms with E-state index in [0.29, 0.717) is 25.9 Å². The largest absolute Gasteiger partial charge is 0.383 e. The number of hydrogen-bond donors (Lipinski definition) is 2. The molecule has 3 N–H and O–H groups in total.